The number of nitrogens with zero attached hydrogens (tertiary/aromatic N) is 1. The van der Waals surface area contributed by atoms with Crippen molar-refractivity contribution < 1.29 is 18.7 Å². The number of nitriles is 1. The molecule has 3 rings (SSSR count). The summed E-state index contributed by atoms with van der Waals surface area (Å²) in [5.41, 5.74) is 1.96. The summed E-state index contributed by atoms with van der Waals surface area (Å²) in [6.07, 6.45) is 1.34. The third kappa shape index (κ3) is 6.91. The Morgan fingerprint density at radius 1 is 1.09 bits per heavy atom. The molecule has 0 radical (unpaired) electrons. The van der Waals surface area contributed by atoms with Gasteiger partial charge in [-0.1, -0.05) is 33.6 Å². The second-order valence-corrected chi connectivity index (χ2v) is 8.44. The molecule has 0 heterocycles. The Morgan fingerprint density at radius 2 is 1.79 bits per heavy atom. The van der Waals surface area contributed by atoms with Crippen LogP contribution in [0.4, 0.5) is 15.8 Å². The van der Waals surface area contributed by atoms with Gasteiger partial charge in [0.05, 0.1) is 0 Å². The molecule has 6 nitrogen and oxygen atoms in total. The average molecular weight is 543 g/mol. The van der Waals surface area contributed by atoms with Gasteiger partial charge in [0.15, 0.2) is 6.61 Å². The van der Waals surface area contributed by atoms with Crippen molar-refractivity contribution in [3.05, 3.63) is 92.7 Å². The largest absolute Gasteiger partial charge is 0.483 e. The molecule has 0 saturated heterocycles. The maximum atomic E-state index is 13.1. The highest BCUT2D eigenvalue weighted by atomic mass is 79.9. The fourth-order valence-electron chi connectivity index (χ4n) is 2.81. The predicted octanol–water partition coefficient (Wildman–Crippen LogP) is 6.11. The Morgan fingerprint density at radius 3 is 2.47 bits per heavy atom. The molecular formula is C25H18BrClFN3O3. The predicted molar refractivity (Wildman–Crippen MR) is 133 cm³/mol. The monoisotopic (exact) mass is 541 g/mol. The number of benzene rings is 3. The number of anilines is 2. The molecule has 2 N–H and O–H groups in total. The summed E-state index contributed by atoms with van der Waals surface area (Å²) >= 11 is 9.43. The summed E-state index contributed by atoms with van der Waals surface area (Å²) in [6, 6.07) is 17.1. The lowest BCUT2D eigenvalue weighted by Gasteiger charge is -2.11. The normalized spacial score (nSPS) is 10.9. The fourth-order valence-corrected chi connectivity index (χ4v) is 3.37. The van der Waals surface area contributed by atoms with Gasteiger partial charge in [-0.3, -0.25) is 9.59 Å². The molecule has 0 atom stereocenters. The number of hydrogen-bond donors (Lipinski definition) is 2. The quantitative estimate of drug-likeness (QED) is 0.278. The topological polar surface area (TPSA) is 91.2 Å². The van der Waals surface area contributed by atoms with Crippen LogP contribution in [0.1, 0.15) is 11.1 Å². The Balaban J connectivity index is 1.73. The van der Waals surface area contributed by atoms with Crippen LogP contribution in [0.25, 0.3) is 6.08 Å². The molecule has 0 saturated carbocycles. The van der Waals surface area contributed by atoms with Crippen LogP contribution in [-0.4, -0.2) is 18.4 Å². The number of rotatable bonds is 7. The van der Waals surface area contributed by atoms with E-state index in [0.29, 0.717) is 32.2 Å². The number of halogens is 3. The molecule has 172 valence electrons. The van der Waals surface area contributed by atoms with Gasteiger partial charge in [-0.05, 0) is 73.2 Å². The van der Waals surface area contributed by atoms with Crippen LogP contribution in [0.5, 0.6) is 5.75 Å². The number of aryl methyl sites for hydroxylation is 1. The van der Waals surface area contributed by atoms with Gasteiger partial charge in [0, 0.05) is 26.4 Å². The van der Waals surface area contributed by atoms with Crippen molar-refractivity contribution in [2.45, 2.75) is 6.92 Å². The lowest BCUT2D eigenvalue weighted by molar-refractivity contribution is -0.118. The van der Waals surface area contributed by atoms with E-state index in [4.69, 9.17) is 16.3 Å². The summed E-state index contributed by atoms with van der Waals surface area (Å²) in [4.78, 5) is 24.9. The Labute approximate surface area is 209 Å². The second-order valence-electron chi connectivity index (χ2n) is 7.11. The number of hydrogen-bond acceptors (Lipinski definition) is 4. The number of nitrogens with one attached hydrogen (secondary N) is 2. The lowest BCUT2D eigenvalue weighted by Crippen LogP contribution is -2.20. The number of ether oxygens (including phenoxy) is 1. The van der Waals surface area contributed by atoms with Crippen molar-refractivity contribution in [1.29, 1.82) is 5.26 Å². The highest BCUT2D eigenvalue weighted by Gasteiger charge is 2.13. The highest BCUT2D eigenvalue weighted by molar-refractivity contribution is 9.10. The van der Waals surface area contributed by atoms with Crippen LogP contribution in [0.2, 0.25) is 5.02 Å². The van der Waals surface area contributed by atoms with Crippen LogP contribution in [-0.2, 0) is 9.59 Å². The summed E-state index contributed by atoms with van der Waals surface area (Å²) in [5, 5.41) is 15.3. The van der Waals surface area contributed by atoms with Gasteiger partial charge in [0.25, 0.3) is 11.8 Å². The SMILES string of the molecule is Cc1ccc(NC(=O)COc2ccc(Br)cc2/C=C(\C#N)C(=O)Nc2ccc(F)cc2)cc1Cl. The van der Waals surface area contributed by atoms with E-state index in [1.165, 1.54) is 30.3 Å². The van der Waals surface area contributed by atoms with E-state index in [1.807, 2.05) is 13.0 Å². The van der Waals surface area contributed by atoms with Crippen molar-refractivity contribution in [2.24, 2.45) is 0 Å². The van der Waals surface area contributed by atoms with Crippen molar-refractivity contribution in [3.63, 3.8) is 0 Å². The minimum atomic E-state index is -0.672. The first kappa shape index (κ1) is 25.0. The third-order valence-corrected chi connectivity index (χ3v) is 5.45. The zero-order valence-electron chi connectivity index (χ0n) is 17.9. The number of carbonyl (C=O) groups excluding carboxylic acids is 2. The van der Waals surface area contributed by atoms with E-state index in [-0.39, 0.29) is 12.2 Å². The summed E-state index contributed by atoms with van der Waals surface area (Å²) < 4.78 is 19.4. The standard InChI is InChI=1S/C25H18BrClFN3O3/c1-15-2-6-21(12-22(15)27)30-24(32)14-34-23-9-3-18(26)11-16(23)10-17(13-29)25(33)31-20-7-4-19(28)5-8-20/h2-12H,14H2,1H3,(H,30,32)(H,31,33)/b17-10+. The van der Waals surface area contributed by atoms with E-state index in [0.717, 1.165) is 5.56 Å². The van der Waals surface area contributed by atoms with Gasteiger partial charge in [-0.25, -0.2) is 4.39 Å². The maximum absolute atomic E-state index is 13.1. The summed E-state index contributed by atoms with van der Waals surface area (Å²) in [6.45, 7) is 1.55. The van der Waals surface area contributed by atoms with Gasteiger partial charge >= 0.3 is 0 Å². The van der Waals surface area contributed by atoms with E-state index < -0.39 is 17.6 Å². The Hall–Kier alpha value is -3.67. The van der Waals surface area contributed by atoms with E-state index in [9.17, 15) is 19.2 Å². The molecule has 0 unspecified atom stereocenters. The fraction of sp³-hybridized carbons (Fsp3) is 0.0800. The molecule has 0 fully saturated rings. The number of amides is 2. The smallest absolute Gasteiger partial charge is 0.266 e. The van der Waals surface area contributed by atoms with E-state index in [1.54, 1.807) is 36.4 Å². The maximum Gasteiger partial charge on any atom is 0.266 e. The minimum absolute atomic E-state index is 0.203. The first-order valence-electron chi connectivity index (χ1n) is 9.92. The first-order valence-corrected chi connectivity index (χ1v) is 11.1. The molecule has 0 aliphatic rings. The second kappa shape index (κ2) is 11.5. The van der Waals surface area contributed by atoms with Gasteiger partial charge in [0.2, 0.25) is 0 Å². The third-order valence-electron chi connectivity index (χ3n) is 4.55. The van der Waals surface area contributed by atoms with Gasteiger partial charge < -0.3 is 15.4 Å². The van der Waals surface area contributed by atoms with Crippen molar-refractivity contribution in [2.75, 3.05) is 17.2 Å². The molecule has 3 aromatic carbocycles. The summed E-state index contributed by atoms with van der Waals surface area (Å²) in [5.74, 6) is -1.23. The van der Waals surface area contributed by atoms with Crippen LogP contribution < -0.4 is 15.4 Å². The molecule has 0 spiro atoms. The molecular weight excluding hydrogens is 525 g/mol. The molecule has 9 heteroatoms. The van der Waals surface area contributed by atoms with Gasteiger partial charge in [-0.15, -0.1) is 0 Å². The molecule has 34 heavy (non-hydrogen) atoms. The molecule has 3 aromatic rings. The van der Waals surface area contributed by atoms with Crippen molar-refractivity contribution in [1.82, 2.24) is 0 Å². The minimum Gasteiger partial charge on any atom is -0.483 e. The highest BCUT2D eigenvalue weighted by Crippen LogP contribution is 2.26. The van der Waals surface area contributed by atoms with E-state index in [2.05, 4.69) is 26.6 Å². The van der Waals surface area contributed by atoms with Crippen LogP contribution in [0.15, 0.2) is 70.7 Å². The van der Waals surface area contributed by atoms with E-state index >= 15 is 0 Å². The van der Waals surface area contributed by atoms with Gasteiger partial charge in [-0.2, -0.15) is 5.26 Å². The zero-order chi connectivity index (χ0) is 24.7. The molecule has 0 bridgehead atoms. The molecule has 0 aliphatic carbocycles. The van der Waals surface area contributed by atoms with Crippen molar-refractivity contribution >= 4 is 56.8 Å². The van der Waals surface area contributed by atoms with Gasteiger partial charge in [0.1, 0.15) is 23.2 Å². The molecule has 0 aromatic heterocycles. The zero-order valence-corrected chi connectivity index (χ0v) is 20.2. The van der Waals surface area contributed by atoms with Crippen molar-refractivity contribution in [3.8, 4) is 11.8 Å². The first-order chi connectivity index (χ1) is 16.2. The molecule has 0 aliphatic heterocycles. The van der Waals surface area contributed by atoms with Crippen LogP contribution in [0, 0.1) is 24.1 Å². The Bertz CT molecular complexity index is 1300. The Kier molecular flexibility index (Phi) is 8.41. The lowest BCUT2D eigenvalue weighted by atomic mass is 10.1. The average Bonchev–Trinajstić information content (AvgIpc) is 2.80. The molecule has 2 amide bonds. The van der Waals surface area contributed by atoms with Crippen LogP contribution in [0.3, 0.4) is 0 Å². The number of carbonyl (C=O) groups is 2. The summed E-state index contributed by atoms with van der Waals surface area (Å²) in [7, 11) is 0. The van der Waals surface area contributed by atoms with Crippen LogP contribution >= 0.6 is 27.5 Å².